The van der Waals surface area contributed by atoms with Crippen LogP contribution in [0.2, 0.25) is 0 Å². The van der Waals surface area contributed by atoms with Gasteiger partial charge in [0.2, 0.25) is 10.0 Å². The number of nitrogens with one attached hydrogen (secondary N) is 2. The molecule has 1 heterocycles. The Morgan fingerprint density at radius 2 is 1.81 bits per heavy atom. The quantitative estimate of drug-likeness (QED) is 0.879. The molecule has 0 aliphatic carbocycles. The SMILES string of the molecule is CNc1ccc(S(=O)(=O)NCc2c(C)nn(C)c2C)cc1. The molecule has 0 atom stereocenters. The minimum atomic E-state index is -3.52. The van der Waals surface area contributed by atoms with Gasteiger partial charge < -0.3 is 5.32 Å². The Balaban J connectivity index is 2.17. The van der Waals surface area contributed by atoms with Crippen molar-refractivity contribution >= 4 is 15.7 Å². The molecule has 0 unspecified atom stereocenters. The molecule has 0 spiro atoms. The van der Waals surface area contributed by atoms with Gasteiger partial charge in [-0.05, 0) is 38.1 Å². The summed E-state index contributed by atoms with van der Waals surface area (Å²) in [6.07, 6.45) is 0. The predicted octanol–water partition coefficient (Wildman–Crippen LogP) is 1.56. The van der Waals surface area contributed by atoms with Crippen molar-refractivity contribution in [1.82, 2.24) is 14.5 Å². The van der Waals surface area contributed by atoms with Crippen molar-refractivity contribution in [3.63, 3.8) is 0 Å². The first-order chi connectivity index (χ1) is 9.85. The largest absolute Gasteiger partial charge is 0.388 e. The summed E-state index contributed by atoms with van der Waals surface area (Å²) >= 11 is 0. The standard InChI is InChI=1S/C14H20N4O2S/c1-10-14(11(2)18(4)17-10)9-16-21(19,20)13-7-5-12(15-3)6-8-13/h5-8,15-16H,9H2,1-4H3. The Morgan fingerprint density at radius 1 is 1.19 bits per heavy atom. The second-order valence-electron chi connectivity index (χ2n) is 4.87. The van der Waals surface area contributed by atoms with Gasteiger partial charge in [-0.2, -0.15) is 5.10 Å². The normalized spacial score (nSPS) is 11.6. The average Bonchev–Trinajstić information content (AvgIpc) is 2.70. The zero-order chi connectivity index (χ0) is 15.6. The molecule has 0 bridgehead atoms. The molecule has 1 aromatic heterocycles. The van der Waals surface area contributed by atoms with Crippen molar-refractivity contribution in [2.45, 2.75) is 25.3 Å². The predicted molar refractivity (Wildman–Crippen MR) is 82.7 cm³/mol. The van der Waals surface area contributed by atoms with Gasteiger partial charge in [0.25, 0.3) is 0 Å². The number of hydrogen-bond donors (Lipinski definition) is 2. The highest BCUT2D eigenvalue weighted by atomic mass is 32.2. The number of hydrogen-bond acceptors (Lipinski definition) is 4. The number of nitrogens with zero attached hydrogens (tertiary/aromatic N) is 2. The van der Waals surface area contributed by atoms with Crippen molar-refractivity contribution in [3.8, 4) is 0 Å². The maximum absolute atomic E-state index is 12.3. The third-order valence-corrected chi connectivity index (χ3v) is 4.97. The molecule has 6 nitrogen and oxygen atoms in total. The van der Waals surface area contributed by atoms with Crippen molar-refractivity contribution < 1.29 is 8.42 Å². The zero-order valence-electron chi connectivity index (χ0n) is 12.6. The summed E-state index contributed by atoms with van der Waals surface area (Å²) < 4.78 is 28.9. The lowest BCUT2D eigenvalue weighted by Crippen LogP contribution is -2.23. The summed E-state index contributed by atoms with van der Waals surface area (Å²) in [6, 6.07) is 6.62. The van der Waals surface area contributed by atoms with Crippen molar-refractivity contribution in [2.24, 2.45) is 7.05 Å². The zero-order valence-corrected chi connectivity index (χ0v) is 13.5. The second kappa shape index (κ2) is 5.87. The average molecular weight is 308 g/mol. The van der Waals surface area contributed by atoms with Gasteiger partial charge in [-0.25, -0.2) is 13.1 Å². The molecular formula is C14H20N4O2S. The summed E-state index contributed by atoms with van der Waals surface area (Å²) in [5, 5.41) is 7.24. The smallest absolute Gasteiger partial charge is 0.240 e. The summed E-state index contributed by atoms with van der Waals surface area (Å²) in [7, 11) is 0.109. The fourth-order valence-electron chi connectivity index (χ4n) is 2.12. The van der Waals surface area contributed by atoms with E-state index in [0.717, 1.165) is 22.6 Å². The second-order valence-corrected chi connectivity index (χ2v) is 6.64. The Hall–Kier alpha value is -1.86. The maximum Gasteiger partial charge on any atom is 0.240 e. The monoisotopic (exact) mass is 308 g/mol. The van der Waals surface area contributed by atoms with Crippen LogP contribution in [0.25, 0.3) is 0 Å². The molecule has 114 valence electrons. The van der Waals surface area contributed by atoms with E-state index in [-0.39, 0.29) is 11.4 Å². The van der Waals surface area contributed by atoms with Crippen LogP contribution in [0.3, 0.4) is 0 Å². The Morgan fingerprint density at radius 3 is 2.29 bits per heavy atom. The van der Waals surface area contributed by atoms with E-state index < -0.39 is 10.0 Å². The number of rotatable bonds is 5. The highest BCUT2D eigenvalue weighted by Crippen LogP contribution is 2.16. The first-order valence-electron chi connectivity index (χ1n) is 6.61. The first-order valence-corrected chi connectivity index (χ1v) is 8.10. The lowest BCUT2D eigenvalue weighted by molar-refractivity contribution is 0.581. The molecule has 1 aromatic carbocycles. The fraction of sp³-hybridized carbons (Fsp3) is 0.357. The summed E-state index contributed by atoms with van der Waals surface area (Å²) in [4.78, 5) is 0.251. The van der Waals surface area contributed by atoms with Gasteiger partial charge in [-0.3, -0.25) is 4.68 Å². The van der Waals surface area contributed by atoms with Crippen LogP contribution in [0.15, 0.2) is 29.2 Å². The van der Waals surface area contributed by atoms with E-state index in [1.165, 1.54) is 0 Å². The molecule has 0 aliphatic rings. The number of aryl methyl sites for hydroxylation is 2. The fourth-order valence-corrected chi connectivity index (χ4v) is 3.12. The summed E-state index contributed by atoms with van der Waals surface area (Å²) in [6.45, 7) is 4.03. The van der Waals surface area contributed by atoms with Crippen LogP contribution in [0.4, 0.5) is 5.69 Å². The van der Waals surface area contributed by atoms with Crippen LogP contribution in [0.1, 0.15) is 17.0 Å². The van der Waals surface area contributed by atoms with Crippen LogP contribution in [-0.4, -0.2) is 25.2 Å². The van der Waals surface area contributed by atoms with Crippen molar-refractivity contribution in [1.29, 1.82) is 0 Å². The molecule has 2 rings (SSSR count). The van der Waals surface area contributed by atoms with Crippen molar-refractivity contribution in [2.75, 3.05) is 12.4 Å². The lowest BCUT2D eigenvalue weighted by atomic mass is 10.2. The van der Waals surface area contributed by atoms with Gasteiger partial charge in [-0.1, -0.05) is 0 Å². The van der Waals surface area contributed by atoms with Gasteiger partial charge in [-0.15, -0.1) is 0 Å². The summed E-state index contributed by atoms with van der Waals surface area (Å²) in [5.41, 5.74) is 3.57. The Bertz CT molecular complexity index is 733. The Kier molecular flexibility index (Phi) is 4.34. The molecule has 0 saturated carbocycles. The molecule has 0 amide bonds. The van der Waals surface area contributed by atoms with E-state index in [2.05, 4.69) is 15.1 Å². The van der Waals surface area contributed by atoms with Crippen LogP contribution in [-0.2, 0) is 23.6 Å². The molecule has 0 saturated heterocycles. The van der Waals surface area contributed by atoms with Crippen LogP contribution in [0.5, 0.6) is 0 Å². The molecule has 0 fully saturated rings. The lowest BCUT2D eigenvalue weighted by Gasteiger charge is -2.08. The third-order valence-electron chi connectivity index (χ3n) is 3.55. The van der Waals surface area contributed by atoms with E-state index in [1.807, 2.05) is 20.9 Å². The van der Waals surface area contributed by atoms with Gasteiger partial charge >= 0.3 is 0 Å². The highest BCUT2D eigenvalue weighted by molar-refractivity contribution is 7.89. The summed E-state index contributed by atoms with van der Waals surface area (Å²) in [5.74, 6) is 0. The molecule has 0 radical (unpaired) electrons. The first kappa shape index (κ1) is 15.5. The minimum Gasteiger partial charge on any atom is -0.388 e. The third kappa shape index (κ3) is 3.25. The number of sulfonamides is 1. The highest BCUT2D eigenvalue weighted by Gasteiger charge is 2.16. The molecule has 21 heavy (non-hydrogen) atoms. The van der Waals surface area contributed by atoms with E-state index in [0.29, 0.717) is 0 Å². The Labute approximate surface area is 125 Å². The van der Waals surface area contributed by atoms with Crippen LogP contribution < -0.4 is 10.0 Å². The van der Waals surface area contributed by atoms with Gasteiger partial charge in [0.05, 0.1) is 10.6 Å². The number of benzene rings is 1. The number of anilines is 1. The van der Waals surface area contributed by atoms with E-state index in [9.17, 15) is 8.42 Å². The molecule has 7 heteroatoms. The van der Waals surface area contributed by atoms with Gasteiger partial charge in [0, 0.05) is 37.6 Å². The van der Waals surface area contributed by atoms with Crippen LogP contribution in [0, 0.1) is 13.8 Å². The van der Waals surface area contributed by atoms with Gasteiger partial charge in [0.15, 0.2) is 0 Å². The van der Waals surface area contributed by atoms with E-state index in [1.54, 1.807) is 36.0 Å². The van der Waals surface area contributed by atoms with E-state index >= 15 is 0 Å². The molecule has 2 aromatic rings. The molecule has 0 aliphatic heterocycles. The van der Waals surface area contributed by atoms with Crippen molar-refractivity contribution in [3.05, 3.63) is 41.2 Å². The maximum atomic E-state index is 12.3. The van der Waals surface area contributed by atoms with E-state index in [4.69, 9.17) is 0 Å². The molecular weight excluding hydrogens is 288 g/mol. The molecule has 2 N–H and O–H groups in total. The topological polar surface area (TPSA) is 76.0 Å². The van der Waals surface area contributed by atoms with Crippen LogP contribution >= 0.6 is 0 Å². The van der Waals surface area contributed by atoms with Gasteiger partial charge in [0.1, 0.15) is 0 Å². The number of aromatic nitrogens is 2. The minimum absolute atomic E-state index is 0.238.